The Hall–Kier alpha value is -0.580. The average molecular weight is 357 g/mol. The number of benzene rings is 1. The van der Waals surface area contributed by atoms with E-state index >= 15 is 0 Å². The molecule has 2 rings (SSSR count). The normalized spacial score (nSPS) is 23.7. The first kappa shape index (κ1) is 13.8. The van der Waals surface area contributed by atoms with E-state index < -0.39 is 0 Å². The van der Waals surface area contributed by atoms with E-state index in [0.717, 1.165) is 27.9 Å². The molecule has 0 bridgehead atoms. The summed E-state index contributed by atoms with van der Waals surface area (Å²) in [5.41, 5.74) is 0.778. The third-order valence-electron chi connectivity index (χ3n) is 3.78. The number of carbonyl (C=O) groups excluding carboxylic acids is 1. The van der Waals surface area contributed by atoms with Crippen LogP contribution in [0, 0.1) is 9.49 Å². The molecule has 0 heterocycles. The number of carbonyl (C=O) groups is 1. The summed E-state index contributed by atoms with van der Waals surface area (Å²) in [4.78, 5) is 12.1. The second-order valence-electron chi connectivity index (χ2n) is 5.12. The molecular weight excluding hydrogens is 337 g/mol. The van der Waals surface area contributed by atoms with Gasteiger partial charge in [-0.05, 0) is 59.5 Å². The van der Waals surface area contributed by atoms with Crippen LogP contribution in [0.5, 0.6) is 0 Å². The highest BCUT2D eigenvalue weighted by Crippen LogP contribution is 2.26. The Labute approximate surface area is 123 Å². The van der Waals surface area contributed by atoms with Gasteiger partial charge in [0.15, 0.2) is 0 Å². The lowest BCUT2D eigenvalue weighted by Gasteiger charge is -2.29. The third kappa shape index (κ3) is 3.70. The van der Waals surface area contributed by atoms with Gasteiger partial charge in [-0.15, -0.1) is 0 Å². The first-order valence-corrected chi connectivity index (χ1v) is 7.83. The molecule has 1 saturated carbocycles. The van der Waals surface area contributed by atoms with Crippen molar-refractivity contribution in [1.82, 2.24) is 5.32 Å². The van der Waals surface area contributed by atoms with E-state index in [1.54, 1.807) is 0 Å². The van der Waals surface area contributed by atoms with Crippen LogP contribution in [0.15, 0.2) is 24.3 Å². The molecule has 0 aliphatic heterocycles. The van der Waals surface area contributed by atoms with Crippen LogP contribution in [0.4, 0.5) is 0 Å². The van der Waals surface area contributed by atoms with E-state index in [-0.39, 0.29) is 5.91 Å². The number of hydrogen-bond donors (Lipinski definition) is 1. The Morgan fingerprint density at radius 1 is 1.44 bits per heavy atom. The zero-order valence-electron chi connectivity index (χ0n) is 10.8. The summed E-state index contributed by atoms with van der Waals surface area (Å²) >= 11 is 2.24. The molecule has 1 aromatic carbocycles. The van der Waals surface area contributed by atoms with E-state index in [0.29, 0.717) is 6.04 Å². The van der Waals surface area contributed by atoms with E-state index in [1.807, 2.05) is 24.3 Å². The zero-order chi connectivity index (χ0) is 13.0. The van der Waals surface area contributed by atoms with Gasteiger partial charge in [0, 0.05) is 15.2 Å². The first-order valence-electron chi connectivity index (χ1n) is 6.75. The minimum atomic E-state index is 0.0790. The fourth-order valence-electron chi connectivity index (χ4n) is 2.69. The lowest BCUT2D eigenvalue weighted by atomic mass is 9.84. The van der Waals surface area contributed by atoms with Gasteiger partial charge in [-0.25, -0.2) is 0 Å². The number of hydrogen-bond acceptors (Lipinski definition) is 1. The van der Waals surface area contributed by atoms with Crippen molar-refractivity contribution in [3.05, 3.63) is 33.4 Å². The minimum absolute atomic E-state index is 0.0790. The molecule has 3 heteroatoms. The zero-order valence-corrected chi connectivity index (χ0v) is 12.9. The number of halogens is 1. The molecule has 1 amide bonds. The Balaban J connectivity index is 1.95. The van der Waals surface area contributed by atoms with Gasteiger partial charge in [0.1, 0.15) is 0 Å². The van der Waals surface area contributed by atoms with E-state index in [4.69, 9.17) is 0 Å². The van der Waals surface area contributed by atoms with Crippen LogP contribution < -0.4 is 5.32 Å². The van der Waals surface area contributed by atoms with Crippen molar-refractivity contribution in [2.24, 2.45) is 5.92 Å². The lowest BCUT2D eigenvalue weighted by Crippen LogP contribution is -2.38. The van der Waals surface area contributed by atoms with Crippen molar-refractivity contribution in [3.8, 4) is 0 Å². The fourth-order valence-corrected chi connectivity index (χ4v) is 3.23. The molecule has 0 saturated heterocycles. The molecule has 1 aliphatic carbocycles. The standard InChI is InChI=1S/C15H20INO/c1-2-11-5-3-8-14(9-11)17-15(18)12-6-4-7-13(16)10-12/h4,6-7,10-11,14H,2-3,5,8-9H2,1H3,(H,17,18). The highest BCUT2D eigenvalue weighted by atomic mass is 127. The van der Waals surface area contributed by atoms with Gasteiger partial charge in [0.05, 0.1) is 0 Å². The Morgan fingerprint density at radius 3 is 3.00 bits per heavy atom. The van der Waals surface area contributed by atoms with Gasteiger partial charge in [0.2, 0.25) is 0 Å². The SMILES string of the molecule is CCC1CCCC(NC(=O)c2cccc(I)c2)C1. The first-order chi connectivity index (χ1) is 8.69. The molecule has 98 valence electrons. The highest BCUT2D eigenvalue weighted by molar-refractivity contribution is 14.1. The van der Waals surface area contributed by atoms with Gasteiger partial charge in [-0.3, -0.25) is 4.79 Å². The maximum atomic E-state index is 12.1. The Morgan fingerprint density at radius 2 is 2.28 bits per heavy atom. The number of amides is 1. The monoisotopic (exact) mass is 357 g/mol. The summed E-state index contributed by atoms with van der Waals surface area (Å²) in [5, 5.41) is 3.18. The number of nitrogens with one attached hydrogen (secondary N) is 1. The molecule has 1 fully saturated rings. The van der Waals surface area contributed by atoms with Crippen molar-refractivity contribution in [1.29, 1.82) is 0 Å². The molecule has 2 nitrogen and oxygen atoms in total. The van der Waals surface area contributed by atoms with Crippen LogP contribution in [-0.2, 0) is 0 Å². The summed E-state index contributed by atoms with van der Waals surface area (Å²) < 4.78 is 1.11. The maximum absolute atomic E-state index is 12.1. The van der Waals surface area contributed by atoms with Crippen molar-refractivity contribution in [2.75, 3.05) is 0 Å². The summed E-state index contributed by atoms with van der Waals surface area (Å²) in [7, 11) is 0. The predicted octanol–water partition coefficient (Wildman–Crippen LogP) is 3.99. The Kier molecular flexibility index (Phi) is 5.03. The predicted molar refractivity (Wildman–Crippen MR) is 82.7 cm³/mol. The molecule has 2 unspecified atom stereocenters. The van der Waals surface area contributed by atoms with Crippen LogP contribution in [0.25, 0.3) is 0 Å². The molecule has 0 radical (unpaired) electrons. The molecule has 1 N–H and O–H groups in total. The summed E-state index contributed by atoms with van der Waals surface area (Å²) in [6, 6.07) is 8.14. The van der Waals surface area contributed by atoms with Gasteiger partial charge in [-0.1, -0.05) is 32.3 Å². The van der Waals surface area contributed by atoms with Crippen molar-refractivity contribution >= 4 is 28.5 Å². The largest absolute Gasteiger partial charge is 0.349 e. The van der Waals surface area contributed by atoms with Gasteiger partial charge < -0.3 is 5.32 Å². The topological polar surface area (TPSA) is 29.1 Å². The highest BCUT2D eigenvalue weighted by Gasteiger charge is 2.22. The minimum Gasteiger partial charge on any atom is -0.349 e. The smallest absolute Gasteiger partial charge is 0.251 e. The lowest BCUT2D eigenvalue weighted by molar-refractivity contribution is 0.0919. The fraction of sp³-hybridized carbons (Fsp3) is 0.533. The Bertz CT molecular complexity index is 419. The molecule has 0 aromatic heterocycles. The quantitative estimate of drug-likeness (QED) is 0.815. The molecular formula is C15H20INO. The van der Waals surface area contributed by atoms with E-state index in [1.165, 1.54) is 19.3 Å². The maximum Gasteiger partial charge on any atom is 0.251 e. The molecule has 1 aliphatic rings. The van der Waals surface area contributed by atoms with Crippen LogP contribution in [0.3, 0.4) is 0 Å². The second kappa shape index (κ2) is 6.55. The van der Waals surface area contributed by atoms with Crippen molar-refractivity contribution < 1.29 is 4.79 Å². The summed E-state index contributed by atoms with van der Waals surface area (Å²) in [5.74, 6) is 0.871. The summed E-state index contributed by atoms with van der Waals surface area (Å²) in [6.45, 7) is 2.24. The van der Waals surface area contributed by atoms with E-state index in [2.05, 4.69) is 34.8 Å². The summed E-state index contributed by atoms with van der Waals surface area (Å²) in [6.07, 6.45) is 6.08. The molecule has 1 aromatic rings. The third-order valence-corrected chi connectivity index (χ3v) is 4.45. The van der Waals surface area contributed by atoms with Crippen molar-refractivity contribution in [3.63, 3.8) is 0 Å². The van der Waals surface area contributed by atoms with Gasteiger partial charge >= 0.3 is 0 Å². The molecule has 2 atom stereocenters. The number of rotatable bonds is 3. The molecule has 0 spiro atoms. The van der Waals surface area contributed by atoms with Gasteiger partial charge in [0.25, 0.3) is 5.91 Å². The van der Waals surface area contributed by atoms with Crippen molar-refractivity contribution in [2.45, 2.75) is 45.1 Å². The van der Waals surface area contributed by atoms with Gasteiger partial charge in [-0.2, -0.15) is 0 Å². The van der Waals surface area contributed by atoms with E-state index in [9.17, 15) is 4.79 Å². The van der Waals surface area contributed by atoms with Crippen LogP contribution in [0.2, 0.25) is 0 Å². The van der Waals surface area contributed by atoms with Crippen LogP contribution >= 0.6 is 22.6 Å². The average Bonchev–Trinajstić information content (AvgIpc) is 2.39. The van der Waals surface area contributed by atoms with Crippen LogP contribution in [-0.4, -0.2) is 11.9 Å². The molecule has 18 heavy (non-hydrogen) atoms. The second-order valence-corrected chi connectivity index (χ2v) is 6.37. The van der Waals surface area contributed by atoms with Crippen LogP contribution in [0.1, 0.15) is 49.4 Å².